The molecule has 0 radical (unpaired) electrons. The Morgan fingerprint density at radius 2 is 1.71 bits per heavy atom. The molecule has 1 rings (SSSR count). The van der Waals surface area contributed by atoms with E-state index in [1.807, 2.05) is 0 Å². The van der Waals surface area contributed by atoms with Crippen LogP contribution in [0.25, 0.3) is 0 Å². The number of rotatable bonds is 2. The molecule has 5 heteroatoms. The van der Waals surface area contributed by atoms with Gasteiger partial charge in [0.2, 0.25) is 0 Å². The lowest BCUT2D eigenvalue weighted by atomic mass is 10.1. The van der Waals surface area contributed by atoms with Gasteiger partial charge in [0.05, 0.1) is 0 Å². The Hall–Kier alpha value is -1.55. The topological polar surface area (TPSA) is 65.2 Å². The maximum Gasteiger partial charge on any atom is 0.134 e. The van der Waals surface area contributed by atoms with Crippen LogP contribution in [0.15, 0.2) is 34.6 Å². The smallest absolute Gasteiger partial charge is 0.134 e. The molecule has 0 saturated heterocycles. The summed E-state index contributed by atoms with van der Waals surface area (Å²) in [4.78, 5) is 0. The van der Waals surface area contributed by atoms with Crippen LogP contribution in [-0.4, -0.2) is 21.8 Å². The quantitative estimate of drug-likeness (QED) is 0.449. The minimum absolute atomic E-state index is 0.212. The molecule has 0 aliphatic carbocycles. The van der Waals surface area contributed by atoms with Crippen molar-refractivity contribution in [2.45, 2.75) is 6.92 Å². The second kappa shape index (κ2) is 4.62. The third-order valence-electron chi connectivity index (χ3n) is 1.71. The van der Waals surface area contributed by atoms with E-state index in [4.69, 9.17) is 22.0 Å². The van der Waals surface area contributed by atoms with Gasteiger partial charge in [-0.05, 0) is 19.1 Å². The summed E-state index contributed by atoms with van der Waals surface area (Å²) in [6.07, 6.45) is 0. The largest absolute Gasteiger partial charge is 0.411 e. The number of nitrogens with zero attached hydrogens (tertiary/aromatic N) is 2. The molecule has 0 atom stereocenters. The van der Waals surface area contributed by atoms with E-state index < -0.39 is 0 Å². The van der Waals surface area contributed by atoms with Gasteiger partial charge in [0.25, 0.3) is 0 Å². The summed E-state index contributed by atoms with van der Waals surface area (Å²) in [5.41, 5.74) is 1.08. The molecule has 1 aromatic rings. The predicted molar refractivity (Wildman–Crippen MR) is 54.7 cm³/mol. The van der Waals surface area contributed by atoms with Crippen molar-refractivity contribution >= 4 is 23.0 Å². The van der Waals surface area contributed by atoms with Gasteiger partial charge in [-0.15, -0.1) is 0 Å². The average molecular weight is 213 g/mol. The molecule has 14 heavy (non-hydrogen) atoms. The van der Waals surface area contributed by atoms with Gasteiger partial charge < -0.3 is 10.4 Å². The van der Waals surface area contributed by atoms with Crippen LogP contribution in [0.4, 0.5) is 0 Å². The lowest BCUT2D eigenvalue weighted by Gasteiger charge is -2.01. The Kier molecular flexibility index (Phi) is 3.48. The fourth-order valence-corrected chi connectivity index (χ4v) is 1.12. The van der Waals surface area contributed by atoms with Crippen molar-refractivity contribution in [1.29, 1.82) is 0 Å². The van der Waals surface area contributed by atoms with Crippen molar-refractivity contribution in [3.63, 3.8) is 0 Å². The third-order valence-corrected chi connectivity index (χ3v) is 1.96. The Labute approximate surface area is 86.1 Å². The molecule has 0 saturated carbocycles. The number of hydrogen-bond donors (Lipinski definition) is 2. The first-order chi connectivity index (χ1) is 6.69. The van der Waals surface area contributed by atoms with E-state index in [-0.39, 0.29) is 11.4 Å². The second-order valence-corrected chi connectivity index (χ2v) is 3.08. The molecule has 2 N–H and O–H groups in total. The maximum absolute atomic E-state index is 8.71. The molecule has 0 amide bonds. The van der Waals surface area contributed by atoms with Crippen molar-refractivity contribution in [3.05, 3.63) is 34.9 Å². The molecular formula is C9H9ClN2O2. The fraction of sp³-hybridized carbons (Fsp3) is 0.111. The molecule has 0 fully saturated rings. The van der Waals surface area contributed by atoms with Crippen molar-refractivity contribution in [2.75, 3.05) is 0 Å². The molecule has 74 valence electrons. The summed E-state index contributed by atoms with van der Waals surface area (Å²) < 4.78 is 0. The third kappa shape index (κ3) is 2.23. The van der Waals surface area contributed by atoms with Crippen LogP contribution in [-0.2, 0) is 0 Å². The summed E-state index contributed by atoms with van der Waals surface area (Å²) >= 11 is 5.69. The summed E-state index contributed by atoms with van der Waals surface area (Å²) in [5.74, 6) is 0. The number of halogens is 1. The molecule has 0 aliphatic heterocycles. The molecule has 0 heterocycles. The molecule has 0 bridgehead atoms. The zero-order valence-electron chi connectivity index (χ0n) is 7.48. The Morgan fingerprint density at radius 1 is 1.14 bits per heavy atom. The zero-order chi connectivity index (χ0) is 10.6. The summed E-state index contributed by atoms with van der Waals surface area (Å²) in [7, 11) is 0. The van der Waals surface area contributed by atoms with Crippen LogP contribution in [0.1, 0.15) is 12.5 Å². The van der Waals surface area contributed by atoms with Gasteiger partial charge in [0.1, 0.15) is 11.4 Å². The molecule has 0 spiro atoms. The van der Waals surface area contributed by atoms with Crippen molar-refractivity contribution < 1.29 is 10.4 Å². The van der Waals surface area contributed by atoms with E-state index in [1.165, 1.54) is 6.92 Å². The Bertz CT molecular complexity index is 371. The lowest BCUT2D eigenvalue weighted by molar-refractivity contribution is 0.314. The second-order valence-electron chi connectivity index (χ2n) is 2.64. The first kappa shape index (κ1) is 10.5. The SMILES string of the molecule is CC(=N/O)/C(=N\O)c1ccc(Cl)cc1. The maximum atomic E-state index is 8.71. The Balaban J connectivity index is 3.09. The van der Waals surface area contributed by atoms with Crippen molar-refractivity contribution in [2.24, 2.45) is 10.3 Å². The van der Waals surface area contributed by atoms with Gasteiger partial charge in [0.15, 0.2) is 0 Å². The van der Waals surface area contributed by atoms with Crippen LogP contribution < -0.4 is 0 Å². The number of benzene rings is 1. The molecule has 4 nitrogen and oxygen atoms in total. The van der Waals surface area contributed by atoms with Gasteiger partial charge in [-0.25, -0.2) is 0 Å². The summed E-state index contributed by atoms with van der Waals surface area (Å²) in [6, 6.07) is 6.66. The van der Waals surface area contributed by atoms with Crippen LogP contribution in [0, 0.1) is 0 Å². The van der Waals surface area contributed by atoms with Crippen LogP contribution in [0.5, 0.6) is 0 Å². The zero-order valence-corrected chi connectivity index (χ0v) is 8.23. The van der Waals surface area contributed by atoms with Gasteiger partial charge in [0, 0.05) is 10.6 Å². The summed E-state index contributed by atoms with van der Waals surface area (Å²) in [6.45, 7) is 1.53. The van der Waals surface area contributed by atoms with E-state index >= 15 is 0 Å². The van der Waals surface area contributed by atoms with E-state index in [1.54, 1.807) is 24.3 Å². The molecule has 0 aliphatic rings. The fourth-order valence-electron chi connectivity index (χ4n) is 0.994. The normalized spacial score (nSPS) is 13.0. The van der Waals surface area contributed by atoms with Crippen molar-refractivity contribution in [3.8, 4) is 0 Å². The molecule has 1 aromatic carbocycles. The first-order valence-corrected chi connectivity index (χ1v) is 4.24. The minimum Gasteiger partial charge on any atom is -0.411 e. The van der Waals surface area contributed by atoms with E-state index in [9.17, 15) is 0 Å². The van der Waals surface area contributed by atoms with E-state index in [0.717, 1.165) is 0 Å². The lowest BCUT2D eigenvalue weighted by Crippen LogP contribution is -2.11. The molecule has 0 unspecified atom stereocenters. The highest BCUT2D eigenvalue weighted by atomic mass is 35.5. The Morgan fingerprint density at radius 3 is 2.14 bits per heavy atom. The number of oxime groups is 2. The van der Waals surface area contributed by atoms with E-state index in [2.05, 4.69) is 10.3 Å². The standard InChI is InChI=1S/C9H9ClN2O2/c1-6(11-13)9(12-14)7-2-4-8(10)5-3-7/h2-5,13-14H,1H3/b11-6-,12-9+. The predicted octanol–water partition coefficient (Wildman–Crippen LogP) is 2.37. The van der Waals surface area contributed by atoms with Crippen molar-refractivity contribution in [1.82, 2.24) is 0 Å². The summed E-state index contributed by atoms with van der Waals surface area (Å²) in [5, 5.41) is 23.8. The highest BCUT2D eigenvalue weighted by Crippen LogP contribution is 2.10. The van der Waals surface area contributed by atoms with Crippen LogP contribution in [0.3, 0.4) is 0 Å². The van der Waals surface area contributed by atoms with Crippen LogP contribution >= 0.6 is 11.6 Å². The monoisotopic (exact) mass is 212 g/mol. The van der Waals surface area contributed by atoms with E-state index in [0.29, 0.717) is 10.6 Å². The van der Waals surface area contributed by atoms with Gasteiger partial charge >= 0.3 is 0 Å². The highest BCUT2D eigenvalue weighted by Gasteiger charge is 2.08. The van der Waals surface area contributed by atoms with Gasteiger partial charge in [-0.2, -0.15) is 0 Å². The minimum atomic E-state index is 0.212. The van der Waals surface area contributed by atoms with Gasteiger partial charge in [-0.1, -0.05) is 34.0 Å². The first-order valence-electron chi connectivity index (χ1n) is 3.86. The van der Waals surface area contributed by atoms with Gasteiger partial charge in [-0.3, -0.25) is 0 Å². The molecular weight excluding hydrogens is 204 g/mol. The van der Waals surface area contributed by atoms with Crippen LogP contribution in [0.2, 0.25) is 5.02 Å². The average Bonchev–Trinajstić information content (AvgIpc) is 2.21. The number of hydrogen-bond acceptors (Lipinski definition) is 4. The molecule has 0 aromatic heterocycles. The highest BCUT2D eigenvalue weighted by molar-refractivity contribution is 6.47.